The summed E-state index contributed by atoms with van der Waals surface area (Å²) in [6.45, 7) is 4.73. The number of fused-ring (bicyclic) bond motifs is 2. The number of aryl methyl sites for hydroxylation is 1. The Morgan fingerprint density at radius 2 is 1.78 bits per heavy atom. The monoisotopic (exact) mass is 424 g/mol. The summed E-state index contributed by atoms with van der Waals surface area (Å²) in [5, 5.41) is 12.2. The smallest absolute Gasteiger partial charge is 0.254 e. The van der Waals surface area contributed by atoms with Crippen LogP contribution in [0.15, 0.2) is 72.9 Å². The highest BCUT2D eigenvalue weighted by atomic mass is 16.1. The van der Waals surface area contributed by atoms with Gasteiger partial charge in [0.05, 0.1) is 5.52 Å². The summed E-state index contributed by atoms with van der Waals surface area (Å²) in [7, 11) is 0. The Morgan fingerprint density at radius 1 is 0.969 bits per heavy atom. The average molecular weight is 425 g/mol. The van der Waals surface area contributed by atoms with Gasteiger partial charge in [-0.25, -0.2) is 4.52 Å². The normalized spacial score (nSPS) is 11.2. The van der Waals surface area contributed by atoms with Crippen LogP contribution in [0.1, 0.15) is 23.7 Å². The number of benzene rings is 2. The van der Waals surface area contributed by atoms with Crippen LogP contribution in [0, 0.1) is 6.92 Å². The molecule has 0 aliphatic carbocycles. The molecule has 0 saturated heterocycles. The summed E-state index contributed by atoms with van der Waals surface area (Å²) in [6.07, 6.45) is 1.93. The van der Waals surface area contributed by atoms with E-state index in [1.807, 2.05) is 60.1 Å². The first-order chi connectivity index (χ1) is 15.6. The zero-order valence-corrected chi connectivity index (χ0v) is 18.0. The van der Waals surface area contributed by atoms with Crippen molar-refractivity contribution in [3.05, 3.63) is 89.7 Å². The fourth-order valence-corrected chi connectivity index (χ4v) is 3.99. The molecule has 2 aromatic carbocycles. The lowest BCUT2D eigenvalue weighted by atomic mass is 10.1. The predicted octanol–water partition coefficient (Wildman–Crippen LogP) is 4.23. The van der Waals surface area contributed by atoms with Crippen molar-refractivity contribution in [1.29, 1.82) is 0 Å². The molecule has 5 rings (SSSR count). The number of carbonyl (C=O) groups excluding carboxylic acids is 1. The molecule has 5 aromatic rings. The Balaban J connectivity index is 1.58. The van der Waals surface area contributed by atoms with Gasteiger partial charge in [-0.1, -0.05) is 42.5 Å². The van der Waals surface area contributed by atoms with E-state index >= 15 is 0 Å². The molecule has 0 aliphatic rings. The molecule has 0 saturated carbocycles. The van der Waals surface area contributed by atoms with Gasteiger partial charge in [0, 0.05) is 37.3 Å². The van der Waals surface area contributed by atoms with E-state index in [4.69, 9.17) is 10.1 Å². The van der Waals surface area contributed by atoms with E-state index in [2.05, 4.69) is 39.5 Å². The summed E-state index contributed by atoms with van der Waals surface area (Å²) in [4.78, 5) is 16.3. The second-order valence-corrected chi connectivity index (χ2v) is 7.82. The lowest BCUT2D eigenvalue weighted by molar-refractivity contribution is -0.119. The Morgan fingerprint density at radius 3 is 2.59 bits per heavy atom. The number of nitrogens with one attached hydrogen (secondary N) is 2. The minimum absolute atomic E-state index is 0.0475. The average Bonchev–Trinajstić information content (AvgIpc) is 3.40. The Labute approximate surface area is 185 Å². The van der Waals surface area contributed by atoms with E-state index in [1.54, 1.807) is 0 Å². The molecule has 0 atom stereocenters. The molecule has 0 aliphatic heterocycles. The van der Waals surface area contributed by atoms with Gasteiger partial charge in [0.15, 0.2) is 5.82 Å². The molecular weight excluding hydrogens is 400 g/mol. The second-order valence-electron chi connectivity index (χ2n) is 7.82. The molecule has 7 nitrogen and oxygen atoms in total. The Hall–Kier alpha value is -4.13. The van der Waals surface area contributed by atoms with Crippen LogP contribution in [0.25, 0.3) is 22.4 Å². The molecule has 32 heavy (non-hydrogen) atoms. The molecule has 0 spiro atoms. The van der Waals surface area contributed by atoms with E-state index in [0.29, 0.717) is 19.0 Å². The van der Waals surface area contributed by atoms with Crippen molar-refractivity contribution < 1.29 is 4.79 Å². The first kappa shape index (κ1) is 19.8. The minimum atomic E-state index is -0.0475. The van der Waals surface area contributed by atoms with Crippen LogP contribution in [-0.4, -0.2) is 25.1 Å². The van der Waals surface area contributed by atoms with Crippen molar-refractivity contribution in [2.45, 2.75) is 26.9 Å². The van der Waals surface area contributed by atoms with Gasteiger partial charge in [-0.05, 0) is 42.3 Å². The molecule has 7 heteroatoms. The van der Waals surface area contributed by atoms with E-state index in [-0.39, 0.29) is 5.91 Å². The van der Waals surface area contributed by atoms with Gasteiger partial charge in [0.25, 0.3) is 5.95 Å². The number of rotatable bonds is 6. The topological polar surface area (TPSA) is 76.2 Å². The van der Waals surface area contributed by atoms with Crippen molar-refractivity contribution in [1.82, 2.24) is 24.5 Å². The van der Waals surface area contributed by atoms with Crippen molar-refractivity contribution in [3.63, 3.8) is 0 Å². The molecule has 160 valence electrons. The van der Waals surface area contributed by atoms with Gasteiger partial charge in [-0.3, -0.25) is 9.36 Å². The van der Waals surface area contributed by atoms with Crippen LogP contribution in [0.5, 0.6) is 0 Å². The van der Waals surface area contributed by atoms with Gasteiger partial charge in [0.2, 0.25) is 5.91 Å². The van der Waals surface area contributed by atoms with Gasteiger partial charge >= 0.3 is 0 Å². The number of nitrogens with zero attached hydrogens (tertiary/aromatic N) is 4. The lowest BCUT2D eigenvalue weighted by Gasteiger charge is -2.12. The van der Waals surface area contributed by atoms with Crippen molar-refractivity contribution >= 4 is 28.1 Å². The first-order valence-corrected chi connectivity index (χ1v) is 10.6. The third kappa shape index (κ3) is 3.69. The molecule has 0 radical (unpaired) electrons. The maximum absolute atomic E-state index is 11.4. The number of hydrogen-bond acceptors (Lipinski definition) is 4. The quantitative estimate of drug-likeness (QED) is 0.428. The second kappa shape index (κ2) is 8.19. The fourth-order valence-electron chi connectivity index (χ4n) is 3.99. The number of hydrogen-bond donors (Lipinski definition) is 2. The molecule has 0 unspecified atom stereocenters. The zero-order valence-electron chi connectivity index (χ0n) is 18.0. The summed E-state index contributed by atoms with van der Waals surface area (Å²) < 4.78 is 3.90. The van der Waals surface area contributed by atoms with Gasteiger partial charge < -0.3 is 10.6 Å². The van der Waals surface area contributed by atoms with E-state index in [9.17, 15) is 4.79 Å². The van der Waals surface area contributed by atoms with Crippen LogP contribution < -0.4 is 10.6 Å². The third-order valence-electron chi connectivity index (χ3n) is 5.53. The molecule has 0 bridgehead atoms. The highest BCUT2D eigenvalue weighted by Gasteiger charge is 2.15. The predicted molar refractivity (Wildman–Crippen MR) is 126 cm³/mol. The lowest BCUT2D eigenvalue weighted by Crippen LogP contribution is -2.18. The van der Waals surface area contributed by atoms with E-state index < -0.39 is 0 Å². The summed E-state index contributed by atoms with van der Waals surface area (Å²) in [6, 6.07) is 22.4. The summed E-state index contributed by atoms with van der Waals surface area (Å²) in [5.74, 6) is 1.32. The van der Waals surface area contributed by atoms with Crippen LogP contribution in [-0.2, 0) is 17.9 Å². The van der Waals surface area contributed by atoms with Crippen molar-refractivity contribution in [2.24, 2.45) is 0 Å². The van der Waals surface area contributed by atoms with Crippen LogP contribution in [0.4, 0.5) is 5.82 Å². The van der Waals surface area contributed by atoms with Crippen molar-refractivity contribution in [3.8, 4) is 5.95 Å². The largest absolute Gasteiger partial charge is 0.364 e. The minimum Gasteiger partial charge on any atom is -0.364 e. The zero-order chi connectivity index (χ0) is 22.1. The fraction of sp³-hybridized carbons (Fsp3) is 0.160. The van der Waals surface area contributed by atoms with Crippen LogP contribution >= 0.6 is 0 Å². The number of anilines is 1. The summed E-state index contributed by atoms with van der Waals surface area (Å²) in [5.41, 5.74) is 5.19. The molecule has 3 heterocycles. The molecule has 3 aromatic heterocycles. The maximum atomic E-state index is 11.4. The molecule has 0 fully saturated rings. The first-order valence-electron chi connectivity index (χ1n) is 10.6. The SMILES string of the molecule is CC(=O)NCc1cccc2c1cc(C)n2-c1nc(NCc2ccccc2)c2cccn2n1. The maximum Gasteiger partial charge on any atom is 0.254 e. The number of carbonyl (C=O) groups is 1. The molecular formula is C25H24N6O. The van der Waals surface area contributed by atoms with Crippen LogP contribution in [0.2, 0.25) is 0 Å². The highest BCUT2D eigenvalue weighted by molar-refractivity contribution is 5.86. The third-order valence-corrected chi connectivity index (χ3v) is 5.53. The number of aromatic nitrogens is 4. The van der Waals surface area contributed by atoms with Gasteiger partial charge in [0.1, 0.15) is 5.52 Å². The van der Waals surface area contributed by atoms with Crippen LogP contribution in [0.3, 0.4) is 0 Å². The van der Waals surface area contributed by atoms with Gasteiger partial charge in [-0.15, -0.1) is 5.10 Å². The molecule has 2 N–H and O–H groups in total. The highest BCUT2D eigenvalue weighted by Crippen LogP contribution is 2.27. The van der Waals surface area contributed by atoms with E-state index in [1.165, 1.54) is 12.5 Å². The Kier molecular flexibility index (Phi) is 5.07. The standard InChI is InChI=1S/C25H24N6O/c1-17-14-21-20(16-26-18(2)32)10-6-11-22(21)31(17)25-28-24(23-12-7-13-30(23)29-25)27-15-19-8-4-3-5-9-19/h3-14H,15-16H2,1-2H3,(H,26,32)(H,27,28,29). The molecule has 1 amide bonds. The van der Waals surface area contributed by atoms with Crippen molar-refractivity contribution in [2.75, 3.05) is 5.32 Å². The summed E-state index contributed by atoms with van der Waals surface area (Å²) >= 11 is 0. The number of amides is 1. The van der Waals surface area contributed by atoms with Gasteiger partial charge in [-0.2, -0.15) is 4.98 Å². The van der Waals surface area contributed by atoms with E-state index in [0.717, 1.165) is 33.5 Å². The Bertz CT molecular complexity index is 1420.